The summed E-state index contributed by atoms with van der Waals surface area (Å²) in [5, 5.41) is 5.66. The van der Waals surface area contributed by atoms with Gasteiger partial charge in [-0.05, 0) is 12.1 Å². The van der Waals surface area contributed by atoms with E-state index < -0.39 is 0 Å². The zero-order valence-corrected chi connectivity index (χ0v) is 11.2. The van der Waals surface area contributed by atoms with Crippen molar-refractivity contribution >= 4 is 11.0 Å². The van der Waals surface area contributed by atoms with Gasteiger partial charge in [-0.25, -0.2) is 15.0 Å². The van der Waals surface area contributed by atoms with Crippen LogP contribution in [0.3, 0.4) is 0 Å². The first kappa shape index (κ1) is 11.8. The normalized spacial score (nSPS) is 11.9. The standard InChI is InChI=1S/C14H15N5/c1-14(2,3)12-10-8-15-9-17-13(10)19(18-12)11-6-4-5-7-16-11/h4-9H,1-3H3. The van der Waals surface area contributed by atoms with Crippen LogP contribution in [0.5, 0.6) is 0 Å². The van der Waals surface area contributed by atoms with E-state index in [1.807, 2.05) is 24.4 Å². The van der Waals surface area contributed by atoms with Crippen molar-refractivity contribution in [3.05, 3.63) is 42.6 Å². The highest BCUT2D eigenvalue weighted by atomic mass is 15.3. The van der Waals surface area contributed by atoms with Gasteiger partial charge in [0.05, 0.1) is 11.1 Å². The van der Waals surface area contributed by atoms with E-state index in [0.29, 0.717) is 0 Å². The van der Waals surface area contributed by atoms with Gasteiger partial charge in [-0.15, -0.1) is 0 Å². The fourth-order valence-corrected chi connectivity index (χ4v) is 2.05. The molecular formula is C14H15N5. The number of pyridine rings is 1. The maximum atomic E-state index is 4.68. The van der Waals surface area contributed by atoms with Gasteiger partial charge in [0, 0.05) is 17.8 Å². The molecule has 0 unspecified atom stereocenters. The number of aromatic nitrogens is 5. The van der Waals surface area contributed by atoms with Gasteiger partial charge in [0.15, 0.2) is 11.5 Å². The molecular weight excluding hydrogens is 238 g/mol. The summed E-state index contributed by atoms with van der Waals surface area (Å²) in [6, 6.07) is 5.74. The van der Waals surface area contributed by atoms with Gasteiger partial charge in [0.2, 0.25) is 0 Å². The van der Waals surface area contributed by atoms with Crippen molar-refractivity contribution < 1.29 is 0 Å². The van der Waals surface area contributed by atoms with Crippen molar-refractivity contribution in [1.82, 2.24) is 24.7 Å². The third-order valence-corrected chi connectivity index (χ3v) is 2.92. The molecule has 19 heavy (non-hydrogen) atoms. The third-order valence-electron chi connectivity index (χ3n) is 2.92. The van der Waals surface area contributed by atoms with Crippen LogP contribution in [-0.4, -0.2) is 24.7 Å². The zero-order chi connectivity index (χ0) is 13.5. The Labute approximate surface area is 111 Å². The lowest BCUT2D eigenvalue weighted by atomic mass is 9.91. The Morgan fingerprint density at radius 2 is 1.95 bits per heavy atom. The summed E-state index contributed by atoms with van der Waals surface area (Å²) in [5.74, 6) is 0.765. The van der Waals surface area contributed by atoms with Crippen LogP contribution in [0.25, 0.3) is 16.9 Å². The molecule has 3 rings (SSSR count). The van der Waals surface area contributed by atoms with Gasteiger partial charge < -0.3 is 0 Å². The molecule has 0 bridgehead atoms. The molecule has 96 valence electrons. The second-order valence-electron chi connectivity index (χ2n) is 5.46. The van der Waals surface area contributed by atoms with Crippen LogP contribution >= 0.6 is 0 Å². The monoisotopic (exact) mass is 253 g/mol. The summed E-state index contributed by atoms with van der Waals surface area (Å²) in [7, 11) is 0. The molecule has 0 fully saturated rings. The number of hydrogen-bond acceptors (Lipinski definition) is 4. The third kappa shape index (κ3) is 1.97. The minimum absolute atomic E-state index is 0.0665. The van der Waals surface area contributed by atoms with E-state index in [0.717, 1.165) is 22.5 Å². The van der Waals surface area contributed by atoms with Crippen LogP contribution in [0.15, 0.2) is 36.9 Å². The van der Waals surface area contributed by atoms with Crippen LogP contribution in [0, 0.1) is 0 Å². The van der Waals surface area contributed by atoms with Crippen molar-refractivity contribution in [3.63, 3.8) is 0 Å². The van der Waals surface area contributed by atoms with Crippen LogP contribution in [0.2, 0.25) is 0 Å². The molecule has 3 heterocycles. The number of nitrogens with zero attached hydrogens (tertiary/aromatic N) is 5. The maximum Gasteiger partial charge on any atom is 0.168 e. The van der Waals surface area contributed by atoms with E-state index in [-0.39, 0.29) is 5.41 Å². The van der Waals surface area contributed by atoms with Crippen LogP contribution in [0.4, 0.5) is 0 Å². The second-order valence-corrected chi connectivity index (χ2v) is 5.46. The van der Waals surface area contributed by atoms with E-state index in [4.69, 9.17) is 0 Å². The van der Waals surface area contributed by atoms with Gasteiger partial charge in [0.25, 0.3) is 0 Å². The predicted octanol–water partition coefficient (Wildman–Crippen LogP) is 2.51. The first-order valence-electron chi connectivity index (χ1n) is 6.18. The number of hydrogen-bond donors (Lipinski definition) is 0. The highest BCUT2D eigenvalue weighted by molar-refractivity contribution is 5.79. The summed E-state index contributed by atoms with van der Waals surface area (Å²) in [6.45, 7) is 6.39. The van der Waals surface area contributed by atoms with Gasteiger partial charge >= 0.3 is 0 Å². The fraction of sp³-hybridized carbons (Fsp3) is 0.286. The molecule has 0 aliphatic carbocycles. The molecule has 3 aromatic rings. The summed E-state index contributed by atoms with van der Waals surface area (Å²) in [4.78, 5) is 12.8. The van der Waals surface area contributed by atoms with Crippen molar-refractivity contribution in [2.45, 2.75) is 26.2 Å². The topological polar surface area (TPSA) is 56.5 Å². The Balaban J connectivity index is 2.33. The molecule has 0 atom stereocenters. The highest BCUT2D eigenvalue weighted by Crippen LogP contribution is 2.28. The van der Waals surface area contributed by atoms with E-state index in [1.54, 1.807) is 10.9 Å². The Bertz CT molecular complexity index is 710. The summed E-state index contributed by atoms with van der Waals surface area (Å²) < 4.78 is 1.78. The van der Waals surface area contributed by atoms with Crippen LogP contribution < -0.4 is 0 Å². The maximum absolute atomic E-state index is 4.68. The average Bonchev–Trinajstić information content (AvgIpc) is 2.79. The second kappa shape index (κ2) is 4.12. The van der Waals surface area contributed by atoms with Crippen molar-refractivity contribution in [3.8, 4) is 5.82 Å². The molecule has 3 aromatic heterocycles. The van der Waals surface area contributed by atoms with E-state index in [9.17, 15) is 0 Å². The van der Waals surface area contributed by atoms with Gasteiger partial charge in [-0.2, -0.15) is 9.78 Å². The molecule has 5 nitrogen and oxygen atoms in total. The largest absolute Gasteiger partial charge is 0.244 e. The summed E-state index contributed by atoms with van der Waals surface area (Å²) in [5.41, 5.74) is 1.70. The highest BCUT2D eigenvalue weighted by Gasteiger charge is 2.23. The molecule has 0 N–H and O–H groups in total. The molecule has 0 saturated carbocycles. The quantitative estimate of drug-likeness (QED) is 0.668. The molecule has 0 amide bonds. The van der Waals surface area contributed by atoms with Crippen LogP contribution in [0.1, 0.15) is 26.5 Å². The lowest BCUT2D eigenvalue weighted by Crippen LogP contribution is -2.13. The van der Waals surface area contributed by atoms with E-state index in [1.165, 1.54) is 6.33 Å². The molecule has 0 aliphatic rings. The Morgan fingerprint density at radius 3 is 2.63 bits per heavy atom. The van der Waals surface area contributed by atoms with Crippen molar-refractivity contribution in [1.29, 1.82) is 0 Å². The first-order chi connectivity index (χ1) is 9.07. The molecule has 0 spiro atoms. The Hall–Kier alpha value is -2.30. The smallest absolute Gasteiger partial charge is 0.168 e. The van der Waals surface area contributed by atoms with Crippen molar-refractivity contribution in [2.24, 2.45) is 0 Å². The molecule has 5 heteroatoms. The lowest BCUT2D eigenvalue weighted by Gasteiger charge is -2.14. The molecule has 0 radical (unpaired) electrons. The predicted molar refractivity (Wildman–Crippen MR) is 73.2 cm³/mol. The van der Waals surface area contributed by atoms with Gasteiger partial charge in [-0.3, -0.25) is 0 Å². The van der Waals surface area contributed by atoms with Gasteiger partial charge in [-0.1, -0.05) is 26.8 Å². The number of fused-ring (bicyclic) bond motifs is 1. The van der Waals surface area contributed by atoms with E-state index in [2.05, 4.69) is 40.8 Å². The zero-order valence-electron chi connectivity index (χ0n) is 11.2. The fourth-order valence-electron chi connectivity index (χ4n) is 2.05. The van der Waals surface area contributed by atoms with Crippen LogP contribution in [-0.2, 0) is 5.41 Å². The van der Waals surface area contributed by atoms with Gasteiger partial charge in [0.1, 0.15) is 6.33 Å². The Kier molecular flexibility index (Phi) is 2.55. The summed E-state index contributed by atoms with van der Waals surface area (Å²) >= 11 is 0. The number of rotatable bonds is 1. The van der Waals surface area contributed by atoms with Crippen molar-refractivity contribution in [2.75, 3.05) is 0 Å². The first-order valence-corrected chi connectivity index (χ1v) is 6.18. The SMILES string of the molecule is CC(C)(C)c1nn(-c2ccccn2)c2ncncc12. The molecule has 0 aliphatic heterocycles. The molecule has 0 aromatic carbocycles. The molecule has 0 saturated heterocycles. The summed E-state index contributed by atoms with van der Waals surface area (Å²) in [6.07, 6.45) is 5.10. The van der Waals surface area contributed by atoms with E-state index >= 15 is 0 Å². The minimum atomic E-state index is -0.0665. The average molecular weight is 253 g/mol. The lowest BCUT2D eigenvalue weighted by molar-refractivity contribution is 0.564. The minimum Gasteiger partial charge on any atom is -0.244 e. The Morgan fingerprint density at radius 1 is 1.11 bits per heavy atom.